The molecule has 0 spiro atoms. The van der Waals surface area contributed by atoms with Gasteiger partial charge in [-0.05, 0) is 39.5 Å². The van der Waals surface area contributed by atoms with Crippen molar-refractivity contribution in [3.8, 4) is 0 Å². The Morgan fingerprint density at radius 1 is 1.38 bits per heavy atom. The summed E-state index contributed by atoms with van der Waals surface area (Å²) in [6.45, 7) is 10.6. The van der Waals surface area contributed by atoms with Gasteiger partial charge in [-0.2, -0.15) is 0 Å². The molecule has 1 N–H and O–H groups in total. The van der Waals surface area contributed by atoms with Crippen LogP contribution in [0.4, 0.5) is 0 Å². The molecular formula is C11H22N2. The van der Waals surface area contributed by atoms with Gasteiger partial charge in [0, 0.05) is 31.2 Å². The van der Waals surface area contributed by atoms with Gasteiger partial charge in [-0.1, -0.05) is 0 Å². The first-order valence-electron chi connectivity index (χ1n) is 5.57. The van der Waals surface area contributed by atoms with Gasteiger partial charge < -0.3 is 5.32 Å². The highest BCUT2D eigenvalue weighted by molar-refractivity contribution is 4.93. The van der Waals surface area contributed by atoms with Gasteiger partial charge in [0.05, 0.1) is 0 Å². The zero-order valence-corrected chi connectivity index (χ0v) is 9.14. The van der Waals surface area contributed by atoms with E-state index in [1.165, 1.54) is 25.9 Å². The maximum atomic E-state index is 3.56. The minimum Gasteiger partial charge on any atom is -0.309 e. The zero-order valence-electron chi connectivity index (χ0n) is 9.14. The van der Waals surface area contributed by atoms with Crippen LogP contribution < -0.4 is 5.32 Å². The van der Waals surface area contributed by atoms with Crippen molar-refractivity contribution in [2.75, 3.05) is 19.6 Å². The summed E-state index contributed by atoms with van der Waals surface area (Å²) in [5.74, 6) is 1.01. The monoisotopic (exact) mass is 182 g/mol. The fourth-order valence-electron chi connectivity index (χ4n) is 2.40. The topological polar surface area (TPSA) is 15.3 Å². The molecule has 2 rings (SSSR count). The lowest BCUT2D eigenvalue weighted by atomic mass is 10.00. The zero-order chi connectivity index (χ0) is 9.47. The highest BCUT2D eigenvalue weighted by Gasteiger charge is 2.35. The van der Waals surface area contributed by atoms with E-state index >= 15 is 0 Å². The molecule has 76 valence electrons. The Morgan fingerprint density at radius 2 is 2.08 bits per heavy atom. The van der Waals surface area contributed by atoms with Crippen LogP contribution in [0.3, 0.4) is 0 Å². The van der Waals surface area contributed by atoms with Crippen molar-refractivity contribution >= 4 is 0 Å². The first-order valence-corrected chi connectivity index (χ1v) is 5.57. The molecule has 0 aromatic heterocycles. The van der Waals surface area contributed by atoms with E-state index in [1.54, 1.807) is 0 Å². The van der Waals surface area contributed by atoms with Crippen molar-refractivity contribution in [1.82, 2.24) is 10.2 Å². The molecule has 1 aliphatic heterocycles. The minimum atomic E-state index is 0.321. The molecule has 0 bridgehead atoms. The molecule has 2 fully saturated rings. The van der Waals surface area contributed by atoms with Gasteiger partial charge in [0.15, 0.2) is 0 Å². The van der Waals surface area contributed by atoms with Gasteiger partial charge in [-0.15, -0.1) is 0 Å². The van der Waals surface area contributed by atoms with Crippen molar-refractivity contribution in [3.05, 3.63) is 0 Å². The van der Waals surface area contributed by atoms with Crippen LogP contribution in [-0.4, -0.2) is 36.1 Å². The van der Waals surface area contributed by atoms with Crippen LogP contribution in [0.25, 0.3) is 0 Å². The molecule has 0 aromatic rings. The van der Waals surface area contributed by atoms with Crippen LogP contribution in [0.15, 0.2) is 0 Å². The lowest BCUT2D eigenvalue weighted by Crippen LogP contribution is -2.59. The normalized spacial score (nSPS) is 31.6. The van der Waals surface area contributed by atoms with E-state index in [-0.39, 0.29) is 0 Å². The Bertz CT molecular complexity index is 185. The van der Waals surface area contributed by atoms with Gasteiger partial charge in [-0.3, -0.25) is 4.90 Å². The maximum Gasteiger partial charge on any atom is 0.0252 e. The summed E-state index contributed by atoms with van der Waals surface area (Å²) in [7, 11) is 0. The highest BCUT2D eigenvalue weighted by atomic mass is 15.2. The van der Waals surface area contributed by atoms with Gasteiger partial charge in [0.2, 0.25) is 0 Å². The molecule has 1 heterocycles. The highest BCUT2D eigenvalue weighted by Crippen LogP contribution is 2.35. The molecule has 1 saturated carbocycles. The Hall–Kier alpha value is -0.0800. The summed E-state index contributed by atoms with van der Waals surface area (Å²) in [5.41, 5.74) is 0.321. The van der Waals surface area contributed by atoms with E-state index in [2.05, 4.69) is 31.0 Å². The van der Waals surface area contributed by atoms with Crippen LogP contribution >= 0.6 is 0 Å². The van der Waals surface area contributed by atoms with Crippen molar-refractivity contribution in [2.24, 2.45) is 5.92 Å². The number of hydrogen-bond acceptors (Lipinski definition) is 2. The molecule has 1 aliphatic carbocycles. The number of rotatable bonds is 2. The predicted octanol–water partition coefficient (Wildman–Crippen LogP) is 1.47. The van der Waals surface area contributed by atoms with Gasteiger partial charge in [0.1, 0.15) is 0 Å². The van der Waals surface area contributed by atoms with E-state index in [1.807, 2.05) is 0 Å². The van der Waals surface area contributed by atoms with Crippen LogP contribution in [-0.2, 0) is 0 Å². The van der Waals surface area contributed by atoms with Crippen LogP contribution in [0.5, 0.6) is 0 Å². The van der Waals surface area contributed by atoms with Crippen LogP contribution in [0, 0.1) is 5.92 Å². The Labute approximate surface area is 81.7 Å². The molecule has 1 atom stereocenters. The van der Waals surface area contributed by atoms with Gasteiger partial charge in [-0.25, -0.2) is 0 Å². The van der Waals surface area contributed by atoms with E-state index in [0.29, 0.717) is 5.54 Å². The molecule has 0 amide bonds. The Morgan fingerprint density at radius 3 is 2.62 bits per heavy atom. The summed E-state index contributed by atoms with van der Waals surface area (Å²) in [5, 5.41) is 3.56. The summed E-state index contributed by atoms with van der Waals surface area (Å²) in [4.78, 5) is 2.66. The van der Waals surface area contributed by atoms with Crippen molar-refractivity contribution in [1.29, 1.82) is 0 Å². The summed E-state index contributed by atoms with van der Waals surface area (Å²) in [6.07, 6.45) is 2.93. The second-order valence-electron chi connectivity index (χ2n) is 5.36. The van der Waals surface area contributed by atoms with E-state index in [0.717, 1.165) is 18.5 Å². The molecule has 0 aromatic carbocycles. The second-order valence-corrected chi connectivity index (χ2v) is 5.36. The van der Waals surface area contributed by atoms with Gasteiger partial charge >= 0.3 is 0 Å². The minimum absolute atomic E-state index is 0.321. The largest absolute Gasteiger partial charge is 0.309 e. The molecular weight excluding hydrogens is 160 g/mol. The van der Waals surface area contributed by atoms with E-state index in [9.17, 15) is 0 Å². The quantitative estimate of drug-likeness (QED) is 0.695. The summed E-state index contributed by atoms with van der Waals surface area (Å²) in [6, 6.07) is 0.821. The third kappa shape index (κ3) is 2.23. The average molecular weight is 182 g/mol. The first kappa shape index (κ1) is 9.47. The average Bonchev–Trinajstić information content (AvgIpc) is 2.83. The van der Waals surface area contributed by atoms with E-state index < -0.39 is 0 Å². The molecule has 0 radical (unpaired) electrons. The molecule has 13 heavy (non-hydrogen) atoms. The molecule has 2 heteroatoms. The number of hydrogen-bond donors (Lipinski definition) is 1. The fourth-order valence-corrected chi connectivity index (χ4v) is 2.40. The first-order chi connectivity index (χ1) is 6.08. The molecule has 2 nitrogen and oxygen atoms in total. The lowest BCUT2D eigenvalue weighted by molar-refractivity contribution is 0.106. The molecule has 1 saturated heterocycles. The SMILES string of the molecule is CC(C1CC1)N1CCNC(C)(C)C1. The Balaban J connectivity index is 1.91. The third-order valence-corrected chi connectivity index (χ3v) is 3.48. The summed E-state index contributed by atoms with van der Waals surface area (Å²) < 4.78 is 0. The molecule has 1 unspecified atom stereocenters. The molecule has 2 aliphatic rings. The third-order valence-electron chi connectivity index (χ3n) is 3.48. The Kier molecular flexibility index (Phi) is 2.37. The van der Waals surface area contributed by atoms with Crippen molar-refractivity contribution in [2.45, 2.75) is 45.2 Å². The number of nitrogens with zero attached hydrogens (tertiary/aromatic N) is 1. The smallest absolute Gasteiger partial charge is 0.0252 e. The van der Waals surface area contributed by atoms with Crippen molar-refractivity contribution < 1.29 is 0 Å². The van der Waals surface area contributed by atoms with Gasteiger partial charge in [0.25, 0.3) is 0 Å². The lowest BCUT2D eigenvalue weighted by Gasteiger charge is -2.42. The second kappa shape index (κ2) is 3.25. The van der Waals surface area contributed by atoms with Crippen LogP contribution in [0.1, 0.15) is 33.6 Å². The number of nitrogens with one attached hydrogen (secondary N) is 1. The standard InChI is InChI=1S/C11H22N2/c1-9(10-4-5-10)13-7-6-12-11(2,3)8-13/h9-10,12H,4-8H2,1-3H3. The fraction of sp³-hybridized carbons (Fsp3) is 1.00. The maximum absolute atomic E-state index is 3.56. The predicted molar refractivity (Wildman–Crippen MR) is 55.8 cm³/mol. The summed E-state index contributed by atoms with van der Waals surface area (Å²) >= 11 is 0. The number of piperazine rings is 1. The van der Waals surface area contributed by atoms with Crippen LogP contribution in [0.2, 0.25) is 0 Å². The van der Waals surface area contributed by atoms with Crippen molar-refractivity contribution in [3.63, 3.8) is 0 Å². The van der Waals surface area contributed by atoms with E-state index in [4.69, 9.17) is 0 Å².